The molecule has 422 valence electrons. The first-order valence-electron chi connectivity index (χ1n) is 32.0. The van der Waals surface area contributed by atoms with Gasteiger partial charge in [-0.15, -0.1) is 0 Å². The molecule has 0 heterocycles. The number of allylic oxidation sites excluding steroid dienone is 6. The van der Waals surface area contributed by atoms with Crippen LogP contribution in [0.25, 0.3) is 0 Å². The van der Waals surface area contributed by atoms with Crippen molar-refractivity contribution in [2.75, 3.05) is 13.2 Å². The van der Waals surface area contributed by atoms with E-state index in [9.17, 15) is 14.4 Å². The molecule has 1 unspecified atom stereocenters. The van der Waals surface area contributed by atoms with Crippen LogP contribution in [0.4, 0.5) is 0 Å². The van der Waals surface area contributed by atoms with E-state index >= 15 is 0 Å². The Hall–Kier alpha value is -2.37. The van der Waals surface area contributed by atoms with E-state index in [1.54, 1.807) is 0 Å². The van der Waals surface area contributed by atoms with E-state index in [4.69, 9.17) is 14.2 Å². The van der Waals surface area contributed by atoms with Crippen molar-refractivity contribution >= 4 is 17.9 Å². The van der Waals surface area contributed by atoms with Crippen LogP contribution in [0.15, 0.2) is 36.5 Å². The fourth-order valence-electron chi connectivity index (χ4n) is 9.57. The van der Waals surface area contributed by atoms with Crippen molar-refractivity contribution in [2.24, 2.45) is 0 Å². The van der Waals surface area contributed by atoms with Gasteiger partial charge >= 0.3 is 17.9 Å². The molecule has 0 rings (SSSR count). The summed E-state index contributed by atoms with van der Waals surface area (Å²) in [6.07, 6.45) is 74.5. The molecule has 0 radical (unpaired) electrons. The summed E-state index contributed by atoms with van der Waals surface area (Å²) in [4.78, 5) is 38.1. The number of rotatable bonds is 59. The molecule has 0 aliphatic carbocycles. The molecule has 0 aliphatic heterocycles. The van der Waals surface area contributed by atoms with Gasteiger partial charge in [0.25, 0.3) is 0 Å². The summed E-state index contributed by atoms with van der Waals surface area (Å²) < 4.78 is 16.9. The third-order valence-electron chi connectivity index (χ3n) is 14.4. The maximum atomic E-state index is 12.8. The minimum absolute atomic E-state index is 0.0657. The minimum Gasteiger partial charge on any atom is -0.462 e. The molecule has 0 N–H and O–H groups in total. The third-order valence-corrected chi connectivity index (χ3v) is 14.4. The molecule has 0 spiro atoms. The SMILES string of the molecule is CCCCCCC/C=C\C/C=C\C/C=C\CCCCCCCCCCCCCCCCCCC(=O)OCC(COC(=O)CCCCCCCCCCCC)OC(=O)CCCCCCCCCCCCCCC. The lowest BCUT2D eigenvalue weighted by Crippen LogP contribution is -2.30. The second-order valence-electron chi connectivity index (χ2n) is 21.7. The van der Waals surface area contributed by atoms with E-state index in [0.717, 1.165) is 70.6 Å². The fourth-order valence-corrected chi connectivity index (χ4v) is 9.57. The van der Waals surface area contributed by atoms with Crippen molar-refractivity contribution in [1.29, 1.82) is 0 Å². The van der Waals surface area contributed by atoms with Gasteiger partial charge < -0.3 is 14.2 Å². The summed E-state index contributed by atoms with van der Waals surface area (Å²) in [5, 5.41) is 0. The Bertz CT molecular complexity index is 1210. The van der Waals surface area contributed by atoms with Crippen LogP contribution in [0.2, 0.25) is 0 Å². The first kappa shape index (κ1) is 69.6. The number of ether oxygens (including phenoxy) is 3. The highest BCUT2D eigenvalue weighted by molar-refractivity contribution is 5.71. The second-order valence-corrected chi connectivity index (χ2v) is 21.7. The van der Waals surface area contributed by atoms with E-state index in [0.29, 0.717) is 19.3 Å². The van der Waals surface area contributed by atoms with E-state index in [-0.39, 0.29) is 31.1 Å². The van der Waals surface area contributed by atoms with Crippen molar-refractivity contribution in [3.63, 3.8) is 0 Å². The van der Waals surface area contributed by atoms with Crippen LogP contribution in [0.5, 0.6) is 0 Å². The average Bonchev–Trinajstić information content (AvgIpc) is 3.38. The maximum absolute atomic E-state index is 12.8. The van der Waals surface area contributed by atoms with Crippen LogP contribution in [-0.2, 0) is 28.6 Å². The van der Waals surface area contributed by atoms with Crippen LogP contribution < -0.4 is 0 Å². The molecule has 0 saturated carbocycles. The molecule has 0 bridgehead atoms. The van der Waals surface area contributed by atoms with Gasteiger partial charge in [0.05, 0.1) is 0 Å². The Labute approximate surface area is 448 Å². The van der Waals surface area contributed by atoms with Gasteiger partial charge in [0.2, 0.25) is 0 Å². The normalized spacial score (nSPS) is 12.2. The Morgan fingerprint density at radius 2 is 0.500 bits per heavy atom. The third kappa shape index (κ3) is 58.5. The van der Waals surface area contributed by atoms with Gasteiger partial charge in [0.1, 0.15) is 13.2 Å². The molecule has 72 heavy (non-hydrogen) atoms. The molecule has 0 aliphatic rings. The van der Waals surface area contributed by atoms with E-state index in [2.05, 4.69) is 57.2 Å². The van der Waals surface area contributed by atoms with Crippen LogP contribution in [0, 0.1) is 0 Å². The monoisotopic (exact) mass is 1010 g/mol. The first-order valence-corrected chi connectivity index (χ1v) is 32.0. The van der Waals surface area contributed by atoms with Crippen LogP contribution >= 0.6 is 0 Å². The van der Waals surface area contributed by atoms with Gasteiger partial charge in [-0.05, 0) is 57.8 Å². The zero-order chi connectivity index (χ0) is 52.2. The molecule has 1 atom stereocenters. The number of esters is 3. The van der Waals surface area contributed by atoms with Crippen molar-refractivity contribution < 1.29 is 28.6 Å². The molecular formula is C66H122O6. The fraction of sp³-hybridized carbons (Fsp3) is 0.864. The predicted octanol–water partition coefficient (Wildman–Crippen LogP) is 21.6. The van der Waals surface area contributed by atoms with Crippen molar-refractivity contribution in [2.45, 2.75) is 354 Å². The lowest BCUT2D eigenvalue weighted by Gasteiger charge is -2.18. The maximum Gasteiger partial charge on any atom is 0.306 e. The highest BCUT2D eigenvalue weighted by Crippen LogP contribution is 2.17. The molecule has 0 fully saturated rings. The molecule has 0 amide bonds. The number of carbonyl (C=O) groups excluding carboxylic acids is 3. The summed E-state index contributed by atoms with van der Waals surface area (Å²) in [5.41, 5.74) is 0. The highest BCUT2D eigenvalue weighted by Gasteiger charge is 2.19. The smallest absolute Gasteiger partial charge is 0.306 e. The summed E-state index contributed by atoms with van der Waals surface area (Å²) in [6.45, 7) is 6.66. The summed E-state index contributed by atoms with van der Waals surface area (Å²) in [6, 6.07) is 0. The molecule has 0 aromatic carbocycles. The summed E-state index contributed by atoms with van der Waals surface area (Å²) in [7, 11) is 0. The number of hydrogen-bond acceptors (Lipinski definition) is 6. The second kappa shape index (κ2) is 61.2. The number of unbranched alkanes of at least 4 members (excludes halogenated alkanes) is 42. The van der Waals surface area contributed by atoms with Crippen molar-refractivity contribution in [1.82, 2.24) is 0 Å². The van der Waals surface area contributed by atoms with Crippen LogP contribution in [-0.4, -0.2) is 37.2 Å². The predicted molar refractivity (Wildman–Crippen MR) is 312 cm³/mol. The zero-order valence-electron chi connectivity index (χ0n) is 48.5. The van der Waals surface area contributed by atoms with Crippen LogP contribution in [0.1, 0.15) is 348 Å². The molecular weight excluding hydrogens is 889 g/mol. The number of carbonyl (C=O) groups is 3. The van der Waals surface area contributed by atoms with Crippen molar-refractivity contribution in [3.8, 4) is 0 Å². The minimum atomic E-state index is -0.765. The van der Waals surface area contributed by atoms with E-state index in [1.165, 1.54) is 238 Å². The van der Waals surface area contributed by atoms with Gasteiger partial charge in [-0.25, -0.2) is 0 Å². The molecule has 6 nitrogen and oxygen atoms in total. The summed E-state index contributed by atoms with van der Waals surface area (Å²) >= 11 is 0. The molecule has 0 saturated heterocycles. The van der Waals surface area contributed by atoms with E-state index in [1.807, 2.05) is 0 Å². The Kier molecular flexibility index (Phi) is 59.2. The van der Waals surface area contributed by atoms with Crippen LogP contribution in [0.3, 0.4) is 0 Å². The van der Waals surface area contributed by atoms with Gasteiger partial charge in [0, 0.05) is 19.3 Å². The molecule has 6 heteroatoms. The largest absolute Gasteiger partial charge is 0.462 e. The first-order chi connectivity index (χ1) is 35.5. The summed E-state index contributed by atoms with van der Waals surface area (Å²) in [5.74, 6) is -0.846. The zero-order valence-corrected chi connectivity index (χ0v) is 48.5. The number of hydrogen-bond donors (Lipinski definition) is 0. The van der Waals surface area contributed by atoms with Gasteiger partial charge in [-0.2, -0.15) is 0 Å². The molecule has 0 aromatic heterocycles. The quantitative estimate of drug-likeness (QED) is 0.0261. The van der Waals surface area contributed by atoms with Gasteiger partial charge in [-0.3, -0.25) is 14.4 Å². The van der Waals surface area contributed by atoms with E-state index < -0.39 is 6.10 Å². The Morgan fingerprint density at radius 1 is 0.278 bits per heavy atom. The van der Waals surface area contributed by atoms with Gasteiger partial charge in [0.15, 0.2) is 6.10 Å². The Balaban J connectivity index is 4.06. The Morgan fingerprint density at radius 3 is 0.778 bits per heavy atom. The molecule has 0 aromatic rings. The highest BCUT2D eigenvalue weighted by atomic mass is 16.6. The van der Waals surface area contributed by atoms with Gasteiger partial charge in [-0.1, -0.05) is 308 Å². The topological polar surface area (TPSA) is 78.9 Å². The lowest BCUT2D eigenvalue weighted by molar-refractivity contribution is -0.167. The average molecular weight is 1010 g/mol. The lowest BCUT2D eigenvalue weighted by atomic mass is 10.0. The van der Waals surface area contributed by atoms with Crippen molar-refractivity contribution in [3.05, 3.63) is 36.5 Å². The standard InChI is InChI=1S/C66H122O6/c1-4-7-10-13-16-19-22-24-25-26-27-28-29-30-31-32-33-34-35-36-37-38-39-40-41-43-44-47-50-53-56-59-65(68)71-62-63(61-70-64(67)58-55-52-49-46-21-18-15-12-9-6-3)72-66(69)60-57-54-51-48-45-42-23-20-17-14-11-8-5-2/h22,24,26-27,29-30,63H,4-21,23,25,28,31-62H2,1-3H3/b24-22-,27-26-,30-29-.